The van der Waals surface area contributed by atoms with Gasteiger partial charge < -0.3 is 15.4 Å². The van der Waals surface area contributed by atoms with Gasteiger partial charge in [-0.25, -0.2) is 13.1 Å². The fraction of sp³-hybridized carbons (Fsp3) is 0.533. The summed E-state index contributed by atoms with van der Waals surface area (Å²) in [5.41, 5.74) is 1.14. The molecule has 1 aromatic rings. The van der Waals surface area contributed by atoms with Crippen molar-refractivity contribution in [1.29, 1.82) is 0 Å². The van der Waals surface area contributed by atoms with Crippen molar-refractivity contribution in [3.05, 3.63) is 35.9 Å². The minimum atomic E-state index is -3.17. The first-order valence-corrected chi connectivity index (χ1v) is 9.49. The molecule has 130 valence electrons. The van der Waals surface area contributed by atoms with E-state index in [9.17, 15) is 8.42 Å². The molecule has 0 aliphatic rings. The molecule has 0 atom stereocenters. The molecule has 0 saturated carbocycles. The summed E-state index contributed by atoms with van der Waals surface area (Å²) in [4.78, 5) is 4.28. The topological polar surface area (TPSA) is 91.8 Å². The highest BCUT2D eigenvalue weighted by molar-refractivity contribution is 7.88. The van der Waals surface area contributed by atoms with Gasteiger partial charge in [-0.15, -0.1) is 0 Å². The number of nitrogens with zero attached hydrogens (tertiary/aromatic N) is 1. The van der Waals surface area contributed by atoms with Gasteiger partial charge in [0.05, 0.1) is 26.0 Å². The molecule has 1 rings (SSSR count). The molecule has 1 aromatic carbocycles. The van der Waals surface area contributed by atoms with E-state index in [-0.39, 0.29) is 6.54 Å². The van der Waals surface area contributed by atoms with E-state index in [4.69, 9.17) is 4.74 Å². The number of aliphatic imine (C=N–C) groups is 1. The second kappa shape index (κ2) is 11.0. The van der Waals surface area contributed by atoms with Gasteiger partial charge in [0, 0.05) is 19.6 Å². The number of nitrogens with one attached hydrogen (secondary N) is 3. The zero-order valence-electron chi connectivity index (χ0n) is 13.7. The van der Waals surface area contributed by atoms with Crippen molar-refractivity contribution in [3.8, 4) is 0 Å². The van der Waals surface area contributed by atoms with Crippen molar-refractivity contribution >= 4 is 16.0 Å². The van der Waals surface area contributed by atoms with Crippen LogP contribution in [0.15, 0.2) is 35.3 Å². The number of hydrogen-bond acceptors (Lipinski definition) is 4. The van der Waals surface area contributed by atoms with Gasteiger partial charge in [0.25, 0.3) is 0 Å². The molecular weight excluding hydrogens is 316 g/mol. The van der Waals surface area contributed by atoms with Crippen molar-refractivity contribution in [2.75, 3.05) is 39.0 Å². The lowest BCUT2D eigenvalue weighted by molar-refractivity contribution is 0.125. The van der Waals surface area contributed by atoms with E-state index in [2.05, 4.69) is 20.3 Å². The van der Waals surface area contributed by atoms with Crippen molar-refractivity contribution in [2.45, 2.75) is 13.5 Å². The quantitative estimate of drug-likeness (QED) is 0.323. The van der Waals surface area contributed by atoms with Gasteiger partial charge >= 0.3 is 0 Å². The van der Waals surface area contributed by atoms with E-state index in [0.29, 0.717) is 32.3 Å². The minimum absolute atomic E-state index is 0.278. The Morgan fingerprint density at radius 2 is 1.91 bits per heavy atom. The van der Waals surface area contributed by atoms with Gasteiger partial charge in [-0.1, -0.05) is 30.3 Å². The van der Waals surface area contributed by atoms with E-state index in [1.807, 2.05) is 37.3 Å². The van der Waals surface area contributed by atoms with Crippen molar-refractivity contribution < 1.29 is 13.2 Å². The van der Waals surface area contributed by atoms with Gasteiger partial charge in [0.2, 0.25) is 10.0 Å². The van der Waals surface area contributed by atoms with E-state index < -0.39 is 10.0 Å². The lowest BCUT2D eigenvalue weighted by Crippen LogP contribution is -2.39. The molecule has 7 nitrogen and oxygen atoms in total. The highest BCUT2D eigenvalue weighted by Gasteiger charge is 2.00. The third kappa shape index (κ3) is 10.7. The molecule has 23 heavy (non-hydrogen) atoms. The van der Waals surface area contributed by atoms with Gasteiger partial charge in [-0.3, -0.25) is 4.99 Å². The number of ether oxygens (including phenoxy) is 1. The summed E-state index contributed by atoms with van der Waals surface area (Å²) < 4.78 is 29.9. The summed E-state index contributed by atoms with van der Waals surface area (Å²) in [7, 11) is -3.17. The average molecular weight is 342 g/mol. The number of hydrogen-bond donors (Lipinski definition) is 3. The Balaban J connectivity index is 2.21. The Bertz CT molecular complexity index is 561. The Morgan fingerprint density at radius 1 is 1.17 bits per heavy atom. The predicted molar refractivity (Wildman–Crippen MR) is 92.9 cm³/mol. The van der Waals surface area contributed by atoms with Gasteiger partial charge in [-0.2, -0.15) is 0 Å². The molecule has 0 bridgehead atoms. The molecule has 0 unspecified atom stereocenters. The molecule has 0 aromatic heterocycles. The largest absolute Gasteiger partial charge is 0.375 e. The van der Waals surface area contributed by atoms with Crippen LogP contribution < -0.4 is 15.4 Å². The summed E-state index contributed by atoms with van der Waals surface area (Å²) in [5.74, 6) is 0.645. The van der Waals surface area contributed by atoms with Gasteiger partial charge in [0.1, 0.15) is 0 Å². The fourth-order valence-corrected chi connectivity index (χ4v) is 2.21. The third-order valence-corrected chi connectivity index (χ3v) is 3.47. The first-order chi connectivity index (χ1) is 11.0. The summed E-state index contributed by atoms with van der Waals surface area (Å²) >= 11 is 0. The summed E-state index contributed by atoms with van der Waals surface area (Å²) in [5, 5.41) is 6.24. The van der Waals surface area contributed by atoms with E-state index in [1.54, 1.807) is 0 Å². The summed E-state index contributed by atoms with van der Waals surface area (Å²) in [6.45, 7) is 5.11. The number of guanidine groups is 1. The standard InChI is InChI=1S/C15H26N4O3S/c1-3-16-15(17-9-10-19-23(2,20)21)18-11-12-22-13-14-7-5-4-6-8-14/h4-8,19H,3,9-13H2,1-2H3,(H2,16,17,18). The second-order valence-electron chi connectivity index (χ2n) is 4.89. The molecule has 0 radical (unpaired) electrons. The Hall–Kier alpha value is -1.64. The minimum Gasteiger partial charge on any atom is -0.375 e. The van der Waals surface area contributed by atoms with Crippen LogP contribution in [0, 0.1) is 0 Å². The van der Waals surface area contributed by atoms with Crippen molar-refractivity contribution in [2.24, 2.45) is 4.99 Å². The van der Waals surface area contributed by atoms with Crippen LogP contribution in [-0.4, -0.2) is 53.4 Å². The zero-order chi connectivity index (χ0) is 17.0. The zero-order valence-corrected chi connectivity index (χ0v) is 14.5. The van der Waals surface area contributed by atoms with Crippen LogP contribution in [-0.2, 0) is 21.4 Å². The molecule has 0 spiro atoms. The molecule has 0 fully saturated rings. The first-order valence-electron chi connectivity index (χ1n) is 7.59. The highest BCUT2D eigenvalue weighted by atomic mass is 32.2. The maximum Gasteiger partial charge on any atom is 0.208 e. The van der Waals surface area contributed by atoms with Crippen LogP contribution in [0.3, 0.4) is 0 Å². The maximum atomic E-state index is 11.0. The average Bonchev–Trinajstić information content (AvgIpc) is 2.51. The molecule has 0 saturated heterocycles. The van der Waals surface area contributed by atoms with Crippen LogP contribution in [0.25, 0.3) is 0 Å². The number of benzene rings is 1. The Kier molecular flexibility index (Phi) is 9.27. The van der Waals surface area contributed by atoms with E-state index in [0.717, 1.165) is 18.4 Å². The second-order valence-corrected chi connectivity index (χ2v) is 6.73. The molecule has 8 heteroatoms. The highest BCUT2D eigenvalue weighted by Crippen LogP contribution is 1.99. The van der Waals surface area contributed by atoms with Crippen LogP contribution >= 0.6 is 0 Å². The smallest absolute Gasteiger partial charge is 0.208 e. The maximum absolute atomic E-state index is 11.0. The lowest BCUT2D eigenvalue weighted by Gasteiger charge is -2.11. The van der Waals surface area contributed by atoms with E-state index >= 15 is 0 Å². The molecule has 0 heterocycles. The first kappa shape index (κ1) is 19.4. The normalized spacial score (nSPS) is 12.2. The lowest BCUT2D eigenvalue weighted by atomic mass is 10.2. The Morgan fingerprint density at radius 3 is 2.57 bits per heavy atom. The third-order valence-electron chi connectivity index (χ3n) is 2.74. The Labute approximate surface area is 138 Å². The van der Waals surface area contributed by atoms with Crippen LogP contribution in [0.5, 0.6) is 0 Å². The fourth-order valence-electron chi connectivity index (χ4n) is 1.75. The van der Waals surface area contributed by atoms with Crippen LogP contribution in [0.1, 0.15) is 12.5 Å². The molecule has 0 aliphatic carbocycles. The van der Waals surface area contributed by atoms with Crippen molar-refractivity contribution in [1.82, 2.24) is 15.4 Å². The van der Waals surface area contributed by atoms with Gasteiger partial charge in [0.15, 0.2) is 5.96 Å². The monoisotopic (exact) mass is 342 g/mol. The SMILES string of the molecule is CCNC(=NCCNS(C)(=O)=O)NCCOCc1ccccc1. The molecular formula is C15H26N4O3S. The molecule has 0 aliphatic heterocycles. The molecule has 0 amide bonds. The van der Waals surface area contributed by atoms with Gasteiger partial charge in [-0.05, 0) is 12.5 Å². The van der Waals surface area contributed by atoms with Crippen molar-refractivity contribution in [3.63, 3.8) is 0 Å². The van der Waals surface area contributed by atoms with Crippen LogP contribution in [0.2, 0.25) is 0 Å². The number of rotatable bonds is 10. The summed E-state index contributed by atoms with van der Waals surface area (Å²) in [6, 6.07) is 9.99. The predicted octanol–water partition coefficient (Wildman–Crippen LogP) is 0.308. The number of sulfonamides is 1. The molecule has 3 N–H and O–H groups in total. The van der Waals surface area contributed by atoms with E-state index in [1.165, 1.54) is 0 Å². The summed E-state index contributed by atoms with van der Waals surface area (Å²) in [6.07, 6.45) is 1.13. The van der Waals surface area contributed by atoms with Crippen LogP contribution in [0.4, 0.5) is 0 Å².